The third kappa shape index (κ3) is 1.91. The van der Waals surface area contributed by atoms with Crippen LogP contribution in [0.5, 0.6) is 11.5 Å². The van der Waals surface area contributed by atoms with Crippen LogP contribution in [0, 0.1) is 0 Å². The van der Waals surface area contributed by atoms with Gasteiger partial charge in [0.05, 0.1) is 11.1 Å². The Morgan fingerprint density at radius 3 is 2.63 bits per heavy atom. The molecule has 1 aromatic carbocycles. The van der Waals surface area contributed by atoms with Gasteiger partial charge in [-0.05, 0) is 12.5 Å². The van der Waals surface area contributed by atoms with Crippen molar-refractivity contribution in [2.45, 2.75) is 19.9 Å². The third-order valence-corrected chi connectivity index (χ3v) is 3.24. The quantitative estimate of drug-likeness (QED) is 0.922. The average molecular weight is 261 g/mol. The van der Waals surface area contributed by atoms with Crippen molar-refractivity contribution in [2.75, 3.05) is 13.2 Å². The largest absolute Gasteiger partial charge is 0.486 e. The average Bonchev–Trinajstić information content (AvgIpc) is 2.75. The highest BCUT2D eigenvalue weighted by atomic mass is 16.6. The zero-order valence-corrected chi connectivity index (χ0v) is 10.7. The summed E-state index contributed by atoms with van der Waals surface area (Å²) in [7, 11) is 0. The Morgan fingerprint density at radius 1 is 1.32 bits per heavy atom. The van der Waals surface area contributed by atoms with Crippen LogP contribution < -0.4 is 9.47 Å². The highest BCUT2D eigenvalue weighted by Gasteiger charge is 2.19. The molecule has 0 spiro atoms. The van der Waals surface area contributed by atoms with Crippen LogP contribution in [0.25, 0.3) is 10.9 Å². The number of carbonyl (C=O) groups is 1. The van der Waals surface area contributed by atoms with Gasteiger partial charge in [-0.2, -0.15) is 0 Å². The number of aromatic nitrogens is 1. The molecule has 5 nitrogen and oxygen atoms in total. The molecule has 2 aromatic rings. The van der Waals surface area contributed by atoms with E-state index in [1.807, 2.05) is 10.6 Å². The van der Waals surface area contributed by atoms with Crippen molar-refractivity contribution in [3.05, 3.63) is 23.9 Å². The number of hydrogen-bond donors (Lipinski definition) is 1. The van der Waals surface area contributed by atoms with E-state index in [1.165, 1.54) is 0 Å². The smallest absolute Gasteiger partial charge is 0.337 e. The maximum Gasteiger partial charge on any atom is 0.337 e. The predicted molar refractivity (Wildman–Crippen MR) is 70.2 cm³/mol. The van der Waals surface area contributed by atoms with E-state index in [-0.39, 0.29) is 0 Å². The molecule has 0 bridgehead atoms. The Labute approximate surface area is 110 Å². The van der Waals surface area contributed by atoms with Crippen LogP contribution in [-0.2, 0) is 6.54 Å². The second-order valence-electron chi connectivity index (χ2n) is 4.55. The van der Waals surface area contributed by atoms with E-state index in [2.05, 4.69) is 6.92 Å². The van der Waals surface area contributed by atoms with Crippen LogP contribution in [0.15, 0.2) is 18.3 Å². The van der Waals surface area contributed by atoms with Crippen LogP contribution in [0.4, 0.5) is 0 Å². The number of rotatable bonds is 3. The lowest BCUT2D eigenvalue weighted by molar-refractivity contribution is 0.0698. The first-order chi connectivity index (χ1) is 9.20. The number of carboxylic acids is 1. The van der Waals surface area contributed by atoms with Crippen LogP contribution in [0.2, 0.25) is 0 Å². The molecule has 3 rings (SSSR count). The SMILES string of the molecule is CCCn1cc(C(=O)O)c2cc3c(cc21)OCCO3. The number of benzene rings is 1. The fourth-order valence-electron chi connectivity index (χ4n) is 2.42. The van der Waals surface area contributed by atoms with Crippen molar-refractivity contribution in [1.82, 2.24) is 4.57 Å². The molecule has 0 saturated heterocycles. The van der Waals surface area contributed by atoms with E-state index in [1.54, 1.807) is 12.3 Å². The second-order valence-corrected chi connectivity index (χ2v) is 4.55. The fraction of sp³-hybridized carbons (Fsp3) is 0.357. The minimum atomic E-state index is -0.920. The van der Waals surface area contributed by atoms with Crippen LogP contribution in [0.3, 0.4) is 0 Å². The summed E-state index contributed by atoms with van der Waals surface area (Å²) in [5, 5.41) is 9.98. The highest BCUT2D eigenvalue weighted by molar-refractivity contribution is 6.04. The van der Waals surface area contributed by atoms with Crippen molar-refractivity contribution in [1.29, 1.82) is 0 Å². The minimum absolute atomic E-state index is 0.306. The Bertz CT molecular complexity index is 644. The van der Waals surface area contributed by atoms with Gasteiger partial charge in [0.2, 0.25) is 0 Å². The zero-order chi connectivity index (χ0) is 13.4. The molecule has 0 atom stereocenters. The molecule has 1 aromatic heterocycles. The maximum atomic E-state index is 11.3. The predicted octanol–water partition coefficient (Wildman–Crippen LogP) is 2.52. The Kier molecular flexibility index (Phi) is 2.81. The number of fused-ring (bicyclic) bond motifs is 2. The molecule has 0 saturated carbocycles. The molecule has 0 unspecified atom stereocenters. The lowest BCUT2D eigenvalue weighted by Gasteiger charge is -2.18. The van der Waals surface area contributed by atoms with Crippen molar-refractivity contribution in [2.24, 2.45) is 0 Å². The normalized spacial score (nSPS) is 13.7. The van der Waals surface area contributed by atoms with E-state index in [0.29, 0.717) is 35.7 Å². The molecule has 0 amide bonds. The zero-order valence-electron chi connectivity index (χ0n) is 10.7. The molecule has 2 heterocycles. The number of aromatic carboxylic acids is 1. The Hall–Kier alpha value is -2.17. The minimum Gasteiger partial charge on any atom is -0.486 e. The van der Waals surface area contributed by atoms with Crippen molar-refractivity contribution in [3.63, 3.8) is 0 Å². The number of aryl methyl sites for hydroxylation is 1. The summed E-state index contributed by atoms with van der Waals surface area (Å²) in [6, 6.07) is 3.63. The third-order valence-electron chi connectivity index (χ3n) is 3.24. The summed E-state index contributed by atoms with van der Waals surface area (Å²) in [5.41, 5.74) is 1.18. The van der Waals surface area contributed by atoms with Crippen LogP contribution in [-0.4, -0.2) is 28.9 Å². The van der Waals surface area contributed by atoms with Gasteiger partial charge in [-0.1, -0.05) is 6.92 Å². The maximum absolute atomic E-state index is 11.3. The van der Waals surface area contributed by atoms with Gasteiger partial charge < -0.3 is 19.1 Å². The van der Waals surface area contributed by atoms with Gasteiger partial charge in [-0.25, -0.2) is 4.79 Å². The van der Waals surface area contributed by atoms with E-state index < -0.39 is 5.97 Å². The lowest BCUT2D eigenvalue weighted by Crippen LogP contribution is -2.15. The topological polar surface area (TPSA) is 60.7 Å². The lowest BCUT2D eigenvalue weighted by atomic mass is 10.1. The van der Waals surface area contributed by atoms with Crippen molar-refractivity contribution >= 4 is 16.9 Å². The molecule has 0 aliphatic carbocycles. The highest BCUT2D eigenvalue weighted by Crippen LogP contribution is 2.36. The summed E-state index contributed by atoms with van der Waals surface area (Å²) in [5.74, 6) is 0.387. The van der Waals surface area contributed by atoms with Crippen LogP contribution >= 0.6 is 0 Å². The van der Waals surface area contributed by atoms with Gasteiger partial charge in [0.15, 0.2) is 11.5 Å². The van der Waals surface area contributed by atoms with E-state index in [9.17, 15) is 9.90 Å². The van der Waals surface area contributed by atoms with Gasteiger partial charge in [-0.3, -0.25) is 0 Å². The Morgan fingerprint density at radius 2 is 2.00 bits per heavy atom. The number of hydrogen-bond acceptors (Lipinski definition) is 3. The molecule has 100 valence electrons. The standard InChI is InChI=1S/C14H15NO4/c1-2-3-15-8-10(14(16)17)9-6-12-13(7-11(9)15)19-5-4-18-12/h6-8H,2-5H2,1H3,(H,16,17). The summed E-state index contributed by atoms with van der Waals surface area (Å²) in [6.45, 7) is 3.86. The molecule has 0 radical (unpaired) electrons. The van der Waals surface area contributed by atoms with E-state index >= 15 is 0 Å². The molecule has 1 aliphatic rings. The molecule has 1 N–H and O–H groups in total. The molecule has 5 heteroatoms. The van der Waals surface area contributed by atoms with Crippen molar-refractivity contribution in [3.8, 4) is 11.5 Å². The summed E-state index contributed by atoms with van der Waals surface area (Å²) >= 11 is 0. The molecule has 19 heavy (non-hydrogen) atoms. The first kappa shape index (κ1) is 11.9. The molecular formula is C14H15NO4. The second kappa shape index (κ2) is 4.50. The number of nitrogens with zero attached hydrogens (tertiary/aromatic N) is 1. The van der Waals surface area contributed by atoms with Crippen LogP contribution in [0.1, 0.15) is 23.7 Å². The van der Waals surface area contributed by atoms with Crippen molar-refractivity contribution < 1.29 is 19.4 Å². The first-order valence-electron chi connectivity index (χ1n) is 6.36. The van der Waals surface area contributed by atoms with Gasteiger partial charge in [0, 0.05) is 24.2 Å². The molecule has 0 fully saturated rings. The monoisotopic (exact) mass is 261 g/mol. The van der Waals surface area contributed by atoms with Gasteiger partial charge >= 0.3 is 5.97 Å². The van der Waals surface area contributed by atoms with E-state index in [0.717, 1.165) is 18.5 Å². The van der Waals surface area contributed by atoms with Gasteiger partial charge in [0.25, 0.3) is 0 Å². The molecule has 1 aliphatic heterocycles. The number of carboxylic acid groups (broad SMARTS) is 1. The van der Waals surface area contributed by atoms with Gasteiger partial charge in [-0.15, -0.1) is 0 Å². The molecular weight excluding hydrogens is 246 g/mol. The van der Waals surface area contributed by atoms with Gasteiger partial charge in [0.1, 0.15) is 13.2 Å². The fourth-order valence-corrected chi connectivity index (χ4v) is 2.42. The summed E-state index contributed by atoms with van der Waals surface area (Å²) in [4.78, 5) is 11.3. The number of ether oxygens (including phenoxy) is 2. The summed E-state index contributed by atoms with van der Waals surface area (Å²) < 4.78 is 13.0. The Balaban J connectivity index is 2.24. The summed E-state index contributed by atoms with van der Waals surface area (Å²) in [6.07, 6.45) is 2.62. The van der Waals surface area contributed by atoms with E-state index in [4.69, 9.17) is 9.47 Å². The first-order valence-corrected chi connectivity index (χ1v) is 6.36.